The Morgan fingerprint density at radius 3 is 1.98 bits per heavy atom. The Morgan fingerprint density at radius 2 is 1.34 bits per heavy atom. The van der Waals surface area contributed by atoms with Crippen LogP contribution in [0.25, 0.3) is 21.5 Å². The first-order chi connectivity index (χ1) is 24.2. The van der Waals surface area contributed by atoms with Gasteiger partial charge >= 0.3 is 10.1 Å². The summed E-state index contributed by atoms with van der Waals surface area (Å²) >= 11 is 0. The van der Waals surface area contributed by atoms with E-state index in [1.54, 1.807) is 92.5 Å². The lowest BCUT2D eigenvalue weighted by molar-refractivity contribution is 0.171. The number of hydrogen-bond acceptors (Lipinski definition) is 8. The molecule has 1 fully saturated rings. The highest BCUT2D eigenvalue weighted by Crippen LogP contribution is 2.31. The maximum atomic E-state index is 14.3. The SMILES string of the molecule is CN(C(Cc1ccc(OS(=O)(=O)c2cccc3cnccc23)cc1)CN1CCC(c2ccccc2)CC1)S(=O)(=O)c1cccc2cnccc12. The van der Waals surface area contributed by atoms with Crippen LogP contribution >= 0.6 is 0 Å². The highest BCUT2D eigenvalue weighted by Gasteiger charge is 2.32. The Kier molecular flexibility index (Phi) is 9.65. The maximum absolute atomic E-state index is 14.3. The normalized spacial score (nSPS) is 15.4. The van der Waals surface area contributed by atoms with E-state index in [9.17, 15) is 16.8 Å². The Labute approximate surface area is 293 Å². The molecule has 0 aliphatic carbocycles. The van der Waals surface area contributed by atoms with Gasteiger partial charge in [0.2, 0.25) is 10.0 Å². The van der Waals surface area contributed by atoms with E-state index in [4.69, 9.17) is 4.18 Å². The largest absolute Gasteiger partial charge is 0.379 e. The molecule has 6 aromatic rings. The predicted octanol–water partition coefficient (Wildman–Crippen LogP) is 6.66. The van der Waals surface area contributed by atoms with E-state index < -0.39 is 26.2 Å². The number of piperidine rings is 1. The lowest BCUT2D eigenvalue weighted by Crippen LogP contribution is -2.47. The van der Waals surface area contributed by atoms with Crippen molar-refractivity contribution in [1.29, 1.82) is 0 Å². The van der Waals surface area contributed by atoms with E-state index in [0.29, 0.717) is 35.0 Å². The van der Waals surface area contributed by atoms with E-state index >= 15 is 0 Å². The number of likely N-dealkylation sites (N-methyl/N-ethyl adjacent to an activating group) is 1. The molecule has 11 heteroatoms. The lowest BCUT2D eigenvalue weighted by atomic mass is 9.89. The number of aromatic nitrogens is 2. The Bertz CT molecular complexity index is 2320. The van der Waals surface area contributed by atoms with E-state index in [-0.39, 0.29) is 15.5 Å². The zero-order valence-electron chi connectivity index (χ0n) is 27.7. The molecule has 2 aromatic heterocycles. The molecule has 0 spiro atoms. The van der Waals surface area contributed by atoms with Crippen LogP contribution in [0.5, 0.6) is 5.75 Å². The van der Waals surface area contributed by atoms with Crippen LogP contribution in [-0.2, 0) is 26.6 Å². The highest BCUT2D eigenvalue weighted by molar-refractivity contribution is 7.89. The summed E-state index contributed by atoms with van der Waals surface area (Å²) in [4.78, 5) is 10.9. The molecule has 256 valence electrons. The fraction of sp³-hybridized carbons (Fsp3) is 0.231. The molecule has 1 aliphatic rings. The minimum absolute atomic E-state index is 0.0635. The molecule has 1 unspecified atom stereocenters. The van der Waals surface area contributed by atoms with Crippen LogP contribution in [0, 0.1) is 0 Å². The van der Waals surface area contributed by atoms with Gasteiger partial charge in [-0.05, 0) is 85.8 Å². The fourth-order valence-electron chi connectivity index (χ4n) is 6.88. The van der Waals surface area contributed by atoms with E-state index in [1.807, 2.05) is 12.1 Å². The average molecular weight is 707 g/mol. The van der Waals surface area contributed by atoms with Crippen molar-refractivity contribution in [3.63, 3.8) is 0 Å². The number of likely N-dealkylation sites (tertiary alicyclic amines) is 1. The third-order valence-electron chi connectivity index (χ3n) is 9.65. The number of sulfonamides is 1. The molecule has 0 saturated carbocycles. The summed E-state index contributed by atoms with van der Waals surface area (Å²) in [5, 5.41) is 2.61. The van der Waals surface area contributed by atoms with Crippen LogP contribution in [0.1, 0.15) is 29.9 Å². The number of fused-ring (bicyclic) bond motifs is 2. The zero-order valence-corrected chi connectivity index (χ0v) is 29.3. The predicted molar refractivity (Wildman–Crippen MR) is 195 cm³/mol. The molecule has 9 nitrogen and oxygen atoms in total. The van der Waals surface area contributed by atoms with Crippen LogP contribution < -0.4 is 4.18 Å². The number of nitrogens with zero attached hydrogens (tertiary/aromatic N) is 4. The molecule has 0 N–H and O–H groups in total. The monoisotopic (exact) mass is 706 g/mol. The molecule has 7 rings (SSSR count). The van der Waals surface area contributed by atoms with E-state index in [0.717, 1.165) is 36.9 Å². The topological polar surface area (TPSA) is 110 Å². The summed E-state index contributed by atoms with van der Waals surface area (Å²) in [6.45, 7) is 2.27. The molecule has 4 aromatic carbocycles. The molecule has 1 atom stereocenters. The van der Waals surface area contributed by atoms with Gasteiger partial charge in [0.25, 0.3) is 0 Å². The van der Waals surface area contributed by atoms with E-state index in [1.165, 1.54) is 15.9 Å². The molecule has 0 radical (unpaired) electrons. The summed E-state index contributed by atoms with van der Waals surface area (Å²) in [6, 6.07) is 30.6. The summed E-state index contributed by atoms with van der Waals surface area (Å²) in [5.74, 6) is 0.649. The molecule has 1 saturated heterocycles. The van der Waals surface area contributed by atoms with Gasteiger partial charge in [-0.1, -0.05) is 66.7 Å². The average Bonchev–Trinajstić information content (AvgIpc) is 3.15. The Morgan fingerprint density at radius 1 is 0.740 bits per heavy atom. The van der Waals surface area contributed by atoms with Crippen molar-refractivity contribution in [3.05, 3.63) is 139 Å². The first-order valence-electron chi connectivity index (χ1n) is 16.6. The third-order valence-corrected chi connectivity index (χ3v) is 12.9. The van der Waals surface area contributed by atoms with Gasteiger partial charge in [0.05, 0.1) is 4.90 Å². The minimum atomic E-state index is -4.13. The van der Waals surface area contributed by atoms with E-state index in [2.05, 4.69) is 39.1 Å². The van der Waals surface area contributed by atoms with Gasteiger partial charge in [0, 0.05) is 66.0 Å². The number of benzene rings is 4. The lowest BCUT2D eigenvalue weighted by Gasteiger charge is -2.37. The zero-order chi connectivity index (χ0) is 34.7. The van der Waals surface area contributed by atoms with Crippen molar-refractivity contribution in [2.24, 2.45) is 0 Å². The second kappa shape index (κ2) is 14.3. The van der Waals surface area contributed by atoms with Crippen molar-refractivity contribution in [1.82, 2.24) is 19.2 Å². The van der Waals surface area contributed by atoms with Crippen LogP contribution in [0.3, 0.4) is 0 Å². The second-order valence-corrected chi connectivity index (χ2v) is 16.2. The smallest absolute Gasteiger partial charge is 0.339 e. The summed E-state index contributed by atoms with van der Waals surface area (Å²) < 4.78 is 62.3. The van der Waals surface area contributed by atoms with Gasteiger partial charge in [-0.25, -0.2) is 8.42 Å². The molecule has 0 amide bonds. The third kappa shape index (κ3) is 7.13. The van der Waals surface area contributed by atoms with Gasteiger partial charge in [0.15, 0.2) is 0 Å². The van der Waals surface area contributed by atoms with Gasteiger partial charge in [-0.3, -0.25) is 9.97 Å². The molecular formula is C39H38N4O5S2. The van der Waals surface area contributed by atoms with Crippen LogP contribution in [0.15, 0.2) is 138 Å². The summed E-state index contributed by atoms with van der Waals surface area (Å²) in [5.41, 5.74) is 2.20. The van der Waals surface area contributed by atoms with Crippen molar-refractivity contribution in [3.8, 4) is 5.75 Å². The Hall–Kier alpha value is -4.68. The summed E-state index contributed by atoms with van der Waals surface area (Å²) in [6.07, 6.45) is 8.85. The first kappa shape index (κ1) is 33.8. The quantitative estimate of drug-likeness (QED) is 0.138. The first-order valence-corrected chi connectivity index (χ1v) is 19.5. The molecule has 1 aliphatic heterocycles. The van der Waals surface area contributed by atoms with Crippen molar-refractivity contribution >= 4 is 41.7 Å². The number of rotatable bonds is 11. The number of hydrogen-bond donors (Lipinski definition) is 0. The van der Waals surface area contributed by atoms with Gasteiger partial charge in [0.1, 0.15) is 10.6 Å². The summed E-state index contributed by atoms with van der Waals surface area (Å²) in [7, 11) is -6.37. The standard InChI is InChI=1S/C39H38N4O5S2/c1-42(49(44,45)38-11-5-9-32-26-40-21-17-36(32)38)34(28-43-23-19-31(20-24-43)30-7-3-2-4-8-30)25-29-13-15-35(16-14-29)48-50(46,47)39-12-6-10-33-27-41-22-18-37(33)39/h2-18,21-22,26-27,31,34H,19-20,23-25,28H2,1H3. The second-order valence-electron chi connectivity index (χ2n) is 12.8. The van der Waals surface area contributed by atoms with Gasteiger partial charge in [-0.15, -0.1) is 0 Å². The van der Waals surface area contributed by atoms with Gasteiger partial charge < -0.3 is 9.08 Å². The maximum Gasteiger partial charge on any atom is 0.339 e. The molecular weight excluding hydrogens is 669 g/mol. The minimum Gasteiger partial charge on any atom is -0.379 e. The van der Waals surface area contributed by atoms with Crippen molar-refractivity contribution in [2.75, 3.05) is 26.7 Å². The van der Waals surface area contributed by atoms with Gasteiger partial charge in [-0.2, -0.15) is 12.7 Å². The van der Waals surface area contributed by atoms with Crippen molar-refractivity contribution < 1.29 is 21.0 Å². The van der Waals surface area contributed by atoms with Crippen LogP contribution in [-0.4, -0.2) is 68.7 Å². The Balaban J connectivity index is 1.13. The van der Waals surface area contributed by atoms with Crippen molar-refractivity contribution in [2.45, 2.75) is 41.0 Å². The molecule has 3 heterocycles. The van der Waals surface area contributed by atoms with Crippen LogP contribution in [0.2, 0.25) is 0 Å². The molecule has 0 bridgehead atoms. The molecule has 50 heavy (non-hydrogen) atoms. The fourth-order valence-corrected chi connectivity index (χ4v) is 9.60. The van der Waals surface area contributed by atoms with Crippen LogP contribution in [0.4, 0.5) is 0 Å². The highest BCUT2D eigenvalue weighted by atomic mass is 32.2. The number of pyridine rings is 2.